The molecule has 0 aromatic carbocycles. The summed E-state index contributed by atoms with van der Waals surface area (Å²) >= 11 is 0. The standard InChI is InChI=1S/C13H22O4S/c14-12(7-3-5-11-6-4-9-17-11)13-8-1-2-10-18(13,15)16/h11,13H,1-10H2. The molecular formula is C13H22O4S. The predicted molar refractivity (Wildman–Crippen MR) is 69.3 cm³/mol. The summed E-state index contributed by atoms with van der Waals surface area (Å²) in [4.78, 5) is 12.0. The maximum absolute atomic E-state index is 12.0. The van der Waals surface area contributed by atoms with Crippen molar-refractivity contribution in [1.29, 1.82) is 0 Å². The van der Waals surface area contributed by atoms with Gasteiger partial charge in [-0.1, -0.05) is 6.42 Å². The molecule has 2 heterocycles. The van der Waals surface area contributed by atoms with Crippen molar-refractivity contribution in [2.24, 2.45) is 0 Å². The molecule has 0 amide bonds. The Morgan fingerprint density at radius 2 is 2.00 bits per heavy atom. The van der Waals surface area contributed by atoms with E-state index in [2.05, 4.69) is 0 Å². The molecule has 2 aliphatic rings. The number of carbonyl (C=O) groups excluding carboxylic acids is 1. The second-order valence-electron chi connectivity index (χ2n) is 5.34. The summed E-state index contributed by atoms with van der Waals surface area (Å²) in [6.45, 7) is 0.829. The first kappa shape index (κ1) is 14.0. The summed E-state index contributed by atoms with van der Waals surface area (Å²) in [6, 6.07) is 0. The van der Waals surface area contributed by atoms with E-state index in [1.807, 2.05) is 0 Å². The van der Waals surface area contributed by atoms with Crippen molar-refractivity contribution in [3.8, 4) is 0 Å². The molecule has 2 rings (SSSR count). The Morgan fingerprint density at radius 3 is 2.67 bits per heavy atom. The van der Waals surface area contributed by atoms with Crippen LogP contribution in [-0.4, -0.2) is 37.9 Å². The maximum Gasteiger partial charge on any atom is 0.160 e. The first-order chi connectivity index (χ1) is 8.59. The minimum atomic E-state index is -3.15. The van der Waals surface area contributed by atoms with Gasteiger partial charge in [-0.25, -0.2) is 8.42 Å². The quantitative estimate of drug-likeness (QED) is 0.768. The molecule has 2 unspecified atom stereocenters. The van der Waals surface area contributed by atoms with Gasteiger partial charge in [0.15, 0.2) is 15.6 Å². The van der Waals surface area contributed by atoms with E-state index < -0.39 is 15.1 Å². The van der Waals surface area contributed by atoms with E-state index in [0.717, 1.165) is 38.7 Å². The number of sulfone groups is 1. The largest absolute Gasteiger partial charge is 0.378 e. The molecule has 0 radical (unpaired) electrons. The topological polar surface area (TPSA) is 60.4 Å². The summed E-state index contributed by atoms with van der Waals surface area (Å²) in [5.41, 5.74) is 0. The SMILES string of the molecule is O=C(CCCC1CCCO1)C1CCCCS1(=O)=O. The fourth-order valence-electron chi connectivity index (χ4n) is 2.85. The van der Waals surface area contributed by atoms with Gasteiger partial charge in [-0.15, -0.1) is 0 Å². The molecule has 2 atom stereocenters. The van der Waals surface area contributed by atoms with Crippen LogP contribution in [0.2, 0.25) is 0 Å². The summed E-state index contributed by atoms with van der Waals surface area (Å²) in [6.07, 6.45) is 6.62. The van der Waals surface area contributed by atoms with Gasteiger partial charge in [-0.3, -0.25) is 4.79 Å². The van der Waals surface area contributed by atoms with Crippen molar-refractivity contribution in [1.82, 2.24) is 0 Å². The van der Waals surface area contributed by atoms with E-state index in [0.29, 0.717) is 25.4 Å². The van der Waals surface area contributed by atoms with Gasteiger partial charge in [-0.2, -0.15) is 0 Å². The van der Waals surface area contributed by atoms with Crippen LogP contribution in [0.25, 0.3) is 0 Å². The Hall–Kier alpha value is -0.420. The molecule has 2 saturated heterocycles. The second kappa shape index (κ2) is 6.15. The van der Waals surface area contributed by atoms with Gasteiger partial charge >= 0.3 is 0 Å². The zero-order valence-electron chi connectivity index (χ0n) is 10.8. The monoisotopic (exact) mass is 274 g/mol. The Balaban J connectivity index is 1.76. The molecule has 0 saturated carbocycles. The number of ether oxygens (including phenoxy) is 1. The van der Waals surface area contributed by atoms with Crippen molar-refractivity contribution < 1.29 is 17.9 Å². The summed E-state index contributed by atoms with van der Waals surface area (Å²) < 4.78 is 29.1. The number of carbonyl (C=O) groups is 1. The van der Waals surface area contributed by atoms with Crippen LogP contribution < -0.4 is 0 Å². The van der Waals surface area contributed by atoms with Crippen molar-refractivity contribution in [3.63, 3.8) is 0 Å². The van der Waals surface area contributed by atoms with Crippen LogP contribution in [0.15, 0.2) is 0 Å². The molecule has 5 heteroatoms. The minimum Gasteiger partial charge on any atom is -0.378 e. The molecule has 0 aromatic heterocycles. The lowest BCUT2D eigenvalue weighted by molar-refractivity contribution is -0.119. The van der Waals surface area contributed by atoms with E-state index >= 15 is 0 Å². The molecule has 18 heavy (non-hydrogen) atoms. The van der Waals surface area contributed by atoms with Crippen LogP contribution in [0, 0.1) is 0 Å². The fourth-order valence-corrected chi connectivity index (χ4v) is 4.79. The predicted octanol–water partition coefficient (Wildman–Crippen LogP) is 1.87. The lowest BCUT2D eigenvalue weighted by atomic mass is 10.0. The van der Waals surface area contributed by atoms with Crippen molar-refractivity contribution >= 4 is 15.6 Å². The Morgan fingerprint density at radius 1 is 1.17 bits per heavy atom. The highest BCUT2D eigenvalue weighted by Gasteiger charge is 2.34. The molecule has 0 N–H and O–H groups in total. The van der Waals surface area contributed by atoms with Crippen molar-refractivity contribution in [2.45, 2.75) is 62.7 Å². The van der Waals surface area contributed by atoms with Gasteiger partial charge in [0, 0.05) is 13.0 Å². The van der Waals surface area contributed by atoms with Gasteiger partial charge in [-0.05, 0) is 38.5 Å². The molecule has 104 valence electrons. The van der Waals surface area contributed by atoms with Gasteiger partial charge in [0.1, 0.15) is 5.25 Å². The molecule has 4 nitrogen and oxygen atoms in total. The molecule has 2 aliphatic heterocycles. The first-order valence-corrected chi connectivity index (χ1v) is 8.67. The van der Waals surface area contributed by atoms with Crippen LogP contribution in [0.4, 0.5) is 0 Å². The molecule has 2 fully saturated rings. The van der Waals surface area contributed by atoms with Crippen LogP contribution in [0.5, 0.6) is 0 Å². The van der Waals surface area contributed by atoms with E-state index in [1.54, 1.807) is 0 Å². The molecule has 0 aliphatic carbocycles. The highest BCUT2D eigenvalue weighted by molar-refractivity contribution is 7.92. The average Bonchev–Trinajstić information content (AvgIpc) is 2.81. The van der Waals surface area contributed by atoms with E-state index in [4.69, 9.17) is 4.74 Å². The molecule has 0 spiro atoms. The third-order valence-electron chi connectivity index (χ3n) is 3.91. The maximum atomic E-state index is 12.0. The zero-order chi connectivity index (χ0) is 13.0. The molecule has 0 bridgehead atoms. The van der Waals surface area contributed by atoms with Gasteiger partial charge in [0.05, 0.1) is 11.9 Å². The van der Waals surface area contributed by atoms with Gasteiger partial charge in [0.2, 0.25) is 0 Å². The van der Waals surface area contributed by atoms with Crippen molar-refractivity contribution in [3.05, 3.63) is 0 Å². The zero-order valence-corrected chi connectivity index (χ0v) is 11.6. The van der Waals surface area contributed by atoms with Crippen LogP contribution in [-0.2, 0) is 19.4 Å². The Bertz CT molecular complexity index is 382. The number of hydrogen-bond acceptors (Lipinski definition) is 4. The van der Waals surface area contributed by atoms with Crippen molar-refractivity contribution in [2.75, 3.05) is 12.4 Å². The smallest absolute Gasteiger partial charge is 0.160 e. The first-order valence-electron chi connectivity index (χ1n) is 6.95. The minimum absolute atomic E-state index is 0.0762. The molecule has 0 aromatic rings. The fraction of sp³-hybridized carbons (Fsp3) is 0.923. The van der Waals surface area contributed by atoms with E-state index in [1.165, 1.54) is 0 Å². The highest BCUT2D eigenvalue weighted by Crippen LogP contribution is 2.23. The second-order valence-corrected chi connectivity index (χ2v) is 7.65. The summed E-state index contributed by atoms with van der Waals surface area (Å²) in [5.74, 6) is 0.113. The van der Waals surface area contributed by atoms with Crippen LogP contribution >= 0.6 is 0 Å². The van der Waals surface area contributed by atoms with Crippen LogP contribution in [0.1, 0.15) is 51.4 Å². The average molecular weight is 274 g/mol. The number of Topliss-reactive ketones (excluding diaryl/α,β-unsaturated/α-hetero) is 1. The Labute approximate surface area is 109 Å². The van der Waals surface area contributed by atoms with E-state index in [9.17, 15) is 13.2 Å². The number of hydrogen-bond donors (Lipinski definition) is 0. The van der Waals surface area contributed by atoms with Gasteiger partial charge < -0.3 is 4.74 Å². The Kier molecular flexibility index (Phi) is 4.78. The lowest BCUT2D eigenvalue weighted by Gasteiger charge is -2.21. The number of ketones is 1. The van der Waals surface area contributed by atoms with Crippen LogP contribution in [0.3, 0.4) is 0 Å². The highest BCUT2D eigenvalue weighted by atomic mass is 32.2. The third kappa shape index (κ3) is 3.54. The third-order valence-corrected chi connectivity index (χ3v) is 6.13. The normalized spacial score (nSPS) is 31.3. The lowest BCUT2D eigenvalue weighted by Crippen LogP contribution is -2.35. The summed E-state index contributed by atoms with van der Waals surface area (Å²) in [5, 5.41) is -0.712. The molecular weight excluding hydrogens is 252 g/mol. The number of rotatable bonds is 5. The summed E-state index contributed by atoms with van der Waals surface area (Å²) in [7, 11) is -3.15. The van der Waals surface area contributed by atoms with Gasteiger partial charge in [0.25, 0.3) is 0 Å². The van der Waals surface area contributed by atoms with E-state index in [-0.39, 0.29) is 11.5 Å².